The molecule has 1 N–H and O–H groups in total. The van der Waals surface area contributed by atoms with E-state index in [1.54, 1.807) is 0 Å². The van der Waals surface area contributed by atoms with Gasteiger partial charge in [-0.25, -0.2) is 4.79 Å². The molecule has 1 rings (SSSR count). The number of amides is 1. The first kappa shape index (κ1) is 15.9. The van der Waals surface area contributed by atoms with Crippen LogP contribution in [-0.4, -0.2) is 64.8 Å². The van der Waals surface area contributed by atoms with Crippen LogP contribution in [0.25, 0.3) is 0 Å². The van der Waals surface area contributed by atoms with Crippen LogP contribution in [0.4, 0.5) is 0 Å². The number of hydrogen-bond acceptors (Lipinski definition) is 6. The molecule has 1 amide bonds. The normalized spacial score (nSPS) is 20.6. The van der Waals surface area contributed by atoms with Crippen LogP contribution in [0.3, 0.4) is 0 Å². The molecule has 0 aliphatic carbocycles. The summed E-state index contributed by atoms with van der Waals surface area (Å²) in [6.45, 7) is 2.67. The number of carbonyl (C=O) groups excluding carboxylic acids is 1. The maximum atomic E-state index is 11.5. The van der Waals surface area contributed by atoms with Gasteiger partial charge in [-0.1, -0.05) is 0 Å². The van der Waals surface area contributed by atoms with Crippen LogP contribution in [-0.2, 0) is 9.59 Å². The summed E-state index contributed by atoms with van der Waals surface area (Å²) in [4.78, 5) is 37.0. The van der Waals surface area contributed by atoms with E-state index >= 15 is 0 Å². The molecule has 108 valence electrons. The van der Waals surface area contributed by atoms with Gasteiger partial charge in [0.05, 0.1) is 4.75 Å². The van der Waals surface area contributed by atoms with Crippen molar-refractivity contribution >= 4 is 23.8 Å². The van der Waals surface area contributed by atoms with Gasteiger partial charge in [-0.2, -0.15) is 0 Å². The molecule has 0 spiro atoms. The number of nitrogens with zero attached hydrogens (tertiary/aromatic N) is 3. The molecule has 0 radical (unpaired) electrons. The smallest absolute Gasteiger partial charge is 0.327 e. The minimum Gasteiger partial charge on any atom is -0.480 e. The predicted octanol–water partition coefficient (Wildman–Crippen LogP) is 0.797. The van der Waals surface area contributed by atoms with Gasteiger partial charge < -0.3 is 14.9 Å². The zero-order valence-corrected chi connectivity index (χ0v) is 12.1. The molecular formula is C11H19N3O4S. The van der Waals surface area contributed by atoms with Crippen molar-refractivity contribution in [2.24, 2.45) is 4.58 Å². The van der Waals surface area contributed by atoms with Crippen LogP contribution in [0.5, 0.6) is 0 Å². The Balaban J connectivity index is 3.08. The van der Waals surface area contributed by atoms with Crippen LogP contribution in [0.2, 0.25) is 0 Å². The maximum absolute atomic E-state index is 11.5. The van der Waals surface area contributed by atoms with Crippen molar-refractivity contribution in [3.63, 3.8) is 0 Å². The van der Waals surface area contributed by atoms with Gasteiger partial charge in [0.25, 0.3) is 0 Å². The van der Waals surface area contributed by atoms with Gasteiger partial charge in [0.1, 0.15) is 6.04 Å². The highest BCUT2D eigenvalue weighted by atomic mass is 32.2. The van der Waals surface area contributed by atoms with Crippen molar-refractivity contribution in [2.45, 2.75) is 30.6 Å². The van der Waals surface area contributed by atoms with E-state index in [0.717, 1.165) is 11.9 Å². The van der Waals surface area contributed by atoms with Gasteiger partial charge in [-0.15, -0.1) is 4.91 Å². The topological polar surface area (TPSA) is 90.3 Å². The zero-order chi connectivity index (χ0) is 14.6. The molecule has 1 fully saturated rings. The molecule has 1 saturated heterocycles. The first-order valence-electron chi connectivity index (χ1n) is 5.99. The molecule has 7 nitrogen and oxygen atoms in total. The van der Waals surface area contributed by atoms with E-state index in [1.165, 1.54) is 18.9 Å². The van der Waals surface area contributed by atoms with E-state index in [4.69, 9.17) is 0 Å². The summed E-state index contributed by atoms with van der Waals surface area (Å²) in [5.41, 5.74) is 0. The fraction of sp³-hybridized carbons (Fsp3) is 0.818. The molecule has 0 bridgehead atoms. The van der Waals surface area contributed by atoms with Crippen molar-refractivity contribution in [3.05, 3.63) is 4.91 Å². The molecule has 0 aromatic heterocycles. The highest BCUT2D eigenvalue weighted by molar-refractivity contribution is 7.99. The highest BCUT2D eigenvalue weighted by Gasteiger charge is 2.49. The second kappa shape index (κ2) is 6.33. The number of carboxylic acids is 1. The number of aliphatic carboxylic acids is 1. The Morgan fingerprint density at radius 3 is 2.32 bits per heavy atom. The quantitative estimate of drug-likeness (QED) is 0.594. The average Bonchev–Trinajstić information content (AvgIpc) is 2.32. The Morgan fingerprint density at radius 1 is 1.42 bits per heavy atom. The van der Waals surface area contributed by atoms with Crippen LogP contribution in [0, 0.1) is 4.91 Å². The Labute approximate surface area is 116 Å². The van der Waals surface area contributed by atoms with Gasteiger partial charge in [-0.05, 0) is 33.0 Å². The standard InChI is InChI=1S/C11H19N3O4S/c1-8(15)14(3)9(10(16)17)11(19-12-18)4-6-13(2)7-5-11/h9H,4-7H2,1-3H3,(H,16,17). The van der Waals surface area contributed by atoms with Gasteiger partial charge in [-0.3, -0.25) is 4.79 Å². The lowest BCUT2D eigenvalue weighted by molar-refractivity contribution is -0.150. The second-order valence-corrected chi connectivity index (χ2v) is 6.05. The number of carboxylic acid groups (broad SMARTS) is 1. The number of piperidine rings is 1. The summed E-state index contributed by atoms with van der Waals surface area (Å²) in [6.07, 6.45) is 1.02. The molecule has 0 saturated carbocycles. The molecule has 8 heteroatoms. The second-order valence-electron chi connectivity index (χ2n) is 4.90. The number of hydrogen-bond donors (Lipinski definition) is 1. The van der Waals surface area contributed by atoms with Gasteiger partial charge in [0.15, 0.2) is 0 Å². The summed E-state index contributed by atoms with van der Waals surface area (Å²) in [7, 11) is 3.39. The lowest BCUT2D eigenvalue weighted by Gasteiger charge is -2.44. The Morgan fingerprint density at radius 2 is 1.95 bits per heavy atom. The molecule has 19 heavy (non-hydrogen) atoms. The number of carbonyl (C=O) groups is 2. The summed E-state index contributed by atoms with van der Waals surface area (Å²) in [5.74, 6) is -1.43. The summed E-state index contributed by atoms with van der Waals surface area (Å²) >= 11 is 0.752. The van der Waals surface area contributed by atoms with E-state index in [2.05, 4.69) is 9.48 Å². The van der Waals surface area contributed by atoms with Crippen LogP contribution < -0.4 is 0 Å². The lowest BCUT2D eigenvalue weighted by atomic mass is 9.87. The van der Waals surface area contributed by atoms with Crippen molar-refractivity contribution in [2.75, 3.05) is 27.2 Å². The monoisotopic (exact) mass is 289 g/mol. The molecular weight excluding hydrogens is 270 g/mol. The lowest BCUT2D eigenvalue weighted by Crippen LogP contribution is -2.58. The first-order chi connectivity index (χ1) is 8.84. The molecule has 1 atom stereocenters. The van der Waals surface area contributed by atoms with E-state index in [-0.39, 0.29) is 5.91 Å². The summed E-state index contributed by atoms with van der Waals surface area (Å²) in [5, 5.41) is 9.44. The molecule has 0 aromatic carbocycles. The molecule has 1 unspecified atom stereocenters. The predicted molar refractivity (Wildman–Crippen MR) is 72.7 cm³/mol. The number of likely N-dealkylation sites (tertiary alicyclic amines) is 1. The van der Waals surface area contributed by atoms with E-state index < -0.39 is 16.8 Å². The third-order valence-electron chi connectivity index (χ3n) is 3.67. The van der Waals surface area contributed by atoms with Crippen molar-refractivity contribution in [1.82, 2.24) is 9.80 Å². The Kier molecular flexibility index (Phi) is 5.30. The van der Waals surface area contributed by atoms with E-state index in [9.17, 15) is 19.6 Å². The van der Waals surface area contributed by atoms with E-state index in [0.29, 0.717) is 25.9 Å². The first-order valence-corrected chi connectivity index (χ1v) is 6.77. The Bertz CT molecular complexity index is 369. The highest BCUT2D eigenvalue weighted by Crippen LogP contribution is 2.41. The maximum Gasteiger partial charge on any atom is 0.327 e. The minimum atomic E-state index is -1.10. The molecule has 1 aliphatic rings. The third-order valence-corrected chi connectivity index (χ3v) is 4.74. The van der Waals surface area contributed by atoms with Crippen LogP contribution >= 0.6 is 11.9 Å². The van der Waals surface area contributed by atoms with Gasteiger partial charge in [0, 0.05) is 30.5 Å². The average molecular weight is 289 g/mol. The van der Waals surface area contributed by atoms with Crippen LogP contribution in [0.1, 0.15) is 19.8 Å². The molecule has 1 heterocycles. The van der Waals surface area contributed by atoms with Crippen molar-refractivity contribution in [3.8, 4) is 0 Å². The third kappa shape index (κ3) is 3.44. The van der Waals surface area contributed by atoms with Crippen molar-refractivity contribution in [1.29, 1.82) is 0 Å². The fourth-order valence-corrected chi connectivity index (χ4v) is 3.28. The minimum absolute atomic E-state index is 0.336. The molecule has 0 aromatic rings. The van der Waals surface area contributed by atoms with E-state index in [1.807, 2.05) is 7.05 Å². The number of likely N-dealkylation sites (N-methyl/N-ethyl adjacent to an activating group) is 1. The van der Waals surface area contributed by atoms with Gasteiger partial charge >= 0.3 is 5.97 Å². The number of rotatable bonds is 5. The molecule has 1 aliphatic heterocycles. The largest absolute Gasteiger partial charge is 0.480 e. The SMILES string of the molecule is CC(=O)N(C)C(C(=O)O)C1(SN=O)CCN(C)CC1. The number of nitroso groups, excluding NO2 is 1. The van der Waals surface area contributed by atoms with Crippen molar-refractivity contribution < 1.29 is 14.7 Å². The Hall–Kier alpha value is -1.15. The van der Waals surface area contributed by atoms with Crippen LogP contribution in [0.15, 0.2) is 4.58 Å². The van der Waals surface area contributed by atoms with Gasteiger partial charge in [0.2, 0.25) is 5.91 Å². The fourth-order valence-electron chi connectivity index (χ4n) is 2.41. The summed E-state index contributed by atoms with van der Waals surface area (Å²) in [6, 6.07) is -1.04. The summed E-state index contributed by atoms with van der Waals surface area (Å²) < 4.78 is 2.00. The zero-order valence-electron chi connectivity index (χ0n) is 11.3.